The van der Waals surface area contributed by atoms with Gasteiger partial charge in [-0.2, -0.15) is 0 Å². The minimum Gasteiger partial charge on any atom is -0.352 e. The molecule has 2 rings (SSSR count). The van der Waals surface area contributed by atoms with Crippen LogP contribution in [0.5, 0.6) is 0 Å². The van der Waals surface area contributed by atoms with E-state index in [1.807, 2.05) is 31.2 Å². The van der Waals surface area contributed by atoms with E-state index in [1.165, 1.54) is 23.4 Å². The molecule has 0 spiro atoms. The maximum atomic E-state index is 13.0. The van der Waals surface area contributed by atoms with Gasteiger partial charge in [0.05, 0.1) is 0 Å². The highest BCUT2D eigenvalue weighted by atomic mass is 32.2. The number of hydrogen-bond acceptors (Lipinski definition) is 2. The van der Waals surface area contributed by atoms with Crippen LogP contribution < -0.4 is 5.32 Å². The monoisotopic (exact) mass is 321 g/mol. The molecule has 0 fully saturated rings. The molecule has 5 heteroatoms. The fourth-order valence-electron chi connectivity index (χ4n) is 1.82. The molecule has 0 aliphatic carbocycles. The Morgan fingerprint density at radius 3 is 2.50 bits per heavy atom. The normalized spacial score (nSPS) is 10.5. The highest BCUT2D eigenvalue weighted by Gasteiger charge is 2.05. The number of halogens is 2. The van der Waals surface area contributed by atoms with Crippen LogP contribution in [0.1, 0.15) is 17.5 Å². The van der Waals surface area contributed by atoms with Gasteiger partial charge in [-0.15, -0.1) is 11.8 Å². The largest absolute Gasteiger partial charge is 0.352 e. The van der Waals surface area contributed by atoms with Gasteiger partial charge in [-0.1, -0.05) is 29.8 Å². The van der Waals surface area contributed by atoms with E-state index in [9.17, 15) is 13.6 Å². The average molecular weight is 321 g/mol. The second kappa shape index (κ2) is 7.94. The molecule has 0 aliphatic rings. The lowest BCUT2D eigenvalue weighted by Crippen LogP contribution is -2.22. The molecular weight excluding hydrogens is 304 g/mol. The van der Waals surface area contributed by atoms with E-state index in [4.69, 9.17) is 0 Å². The Morgan fingerprint density at radius 1 is 1.09 bits per heavy atom. The third-order valence-electron chi connectivity index (χ3n) is 3.10. The smallest absolute Gasteiger partial charge is 0.221 e. The molecule has 116 valence electrons. The highest BCUT2D eigenvalue weighted by molar-refractivity contribution is 7.99. The van der Waals surface area contributed by atoms with Gasteiger partial charge in [-0.25, -0.2) is 8.78 Å². The van der Waals surface area contributed by atoms with Crippen molar-refractivity contribution in [2.45, 2.75) is 24.8 Å². The van der Waals surface area contributed by atoms with Gasteiger partial charge in [0, 0.05) is 23.6 Å². The van der Waals surface area contributed by atoms with E-state index in [-0.39, 0.29) is 5.91 Å². The molecule has 22 heavy (non-hydrogen) atoms. The molecule has 1 amide bonds. The minimum atomic E-state index is -0.867. The summed E-state index contributed by atoms with van der Waals surface area (Å²) in [5.41, 5.74) is 2.23. The molecular formula is C17H17F2NOS. The zero-order valence-electron chi connectivity index (χ0n) is 12.2. The van der Waals surface area contributed by atoms with Gasteiger partial charge in [0.1, 0.15) is 0 Å². The number of carbonyl (C=O) groups is 1. The van der Waals surface area contributed by atoms with Crippen molar-refractivity contribution in [3.8, 4) is 0 Å². The first-order chi connectivity index (χ1) is 10.5. The number of amides is 1. The van der Waals surface area contributed by atoms with Gasteiger partial charge in [0.25, 0.3) is 0 Å². The number of hydrogen-bond donors (Lipinski definition) is 1. The van der Waals surface area contributed by atoms with Gasteiger partial charge in [0.2, 0.25) is 5.91 Å². The van der Waals surface area contributed by atoms with Crippen molar-refractivity contribution in [3.05, 3.63) is 65.2 Å². The summed E-state index contributed by atoms with van der Waals surface area (Å²) in [6, 6.07) is 11.7. The molecule has 0 radical (unpaired) electrons. The Balaban J connectivity index is 1.71. The second-order valence-electron chi connectivity index (χ2n) is 4.94. The standard InChI is InChI=1S/C17H17F2NOS/c1-12-2-4-13(5-3-12)11-20-17(21)8-9-22-14-6-7-15(18)16(19)10-14/h2-7,10H,8-9,11H2,1H3,(H,20,21). The molecule has 2 aromatic carbocycles. The van der Waals surface area contributed by atoms with Crippen LogP contribution in [0.2, 0.25) is 0 Å². The molecule has 2 aromatic rings. The van der Waals surface area contributed by atoms with E-state index in [0.717, 1.165) is 17.7 Å². The lowest BCUT2D eigenvalue weighted by atomic mass is 10.1. The van der Waals surface area contributed by atoms with Crippen LogP contribution in [-0.4, -0.2) is 11.7 Å². The number of benzene rings is 2. The maximum Gasteiger partial charge on any atom is 0.221 e. The van der Waals surface area contributed by atoms with Crippen molar-refractivity contribution in [2.24, 2.45) is 0 Å². The molecule has 2 nitrogen and oxygen atoms in total. The van der Waals surface area contributed by atoms with Crippen molar-refractivity contribution < 1.29 is 13.6 Å². The van der Waals surface area contributed by atoms with E-state index in [0.29, 0.717) is 23.6 Å². The lowest BCUT2D eigenvalue weighted by Gasteiger charge is -2.06. The van der Waals surface area contributed by atoms with Crippen LogP contribution in [0.25, 0.3) is 0 Å². The lowest BCUT2D eigenvalue weighted by molar-refractivity contribution is -0.120. The zero-order chi connectivity index (χ0) is 15.9. The van der Waals surface area contributed by atoms with Gasteiger partial charge in [-0.3, -0.25) is 4.79 Å². The zero-order valence-corrected chi connectivity index (χ0v) is 13.1. The predicted octanol–water partition coefficient (Wildman–Crippen LogP) is 4.07. The SMILES string of the molecule is Cc1ccc(CNC(=O)CCSc2ccc(F)c(F)c2)cc1. The molecule has 0 saturated heterocycles. The Labute approximate surface area is 132 Å². The van der Waals surface area contributed by atoms with Crippen LogP contribution in [0.15, 0.2) is 47.4 Å². The predicted molar refractivity (Wildman–Crippen MR) is 84.7 cm³/mol. The molecule has 0 unspecified atom stereocenters. The summed E-state index contributed by atoms with van der Waals surface area (Å²) in [5, 5.41) is 2.84. The molecule has 1 N–H and O–H groups in total. The van der Waals surface area contributed by atoms with E-state index in [2.05, 4.69) is 5.32 Å². The van der Waals surface area contributed by atoms with Crippen LogP contribution >= 0.6 is 11.8 Å². The van der Waals surface area contributed by atoms with Crippen molar-refractivity contribution in [1.29, 1.82) is 0 Å². The third kappa shape index (κ3) is 5.15. The Bertz CT molecular complexity index is 644. The van der Waals surface area contributed by atoms with Crippen LogP contribution in [0.4, 0.5) is 8.78 Å². The number of aryl methyl sites for hydroxylation is 1. The summed E-state index contributed by atoms with van der Waals surface area (Å²) in [6.45, 7) is 2.51. The first-order valence-corrected chi connectivity index (χ1v) is 7.93. The van der Waals surface area contributed by atoms with Gasteiger partial charge in [-0.05, 0) is 30.7 Å². The van der Waals surface area contributed by atoms with Gasteiger partial charge < -0.3 is 5.32 Å². The molecule has 0 bridgehead atoms. The minimum absolute atomic E-state index is 0.0596. The Kier molecular flexibility index (Phi) is 5.95. The quantitative estimate of drug-likeness (QED) is 0.813. The first-order valence-electron chi connectivity index (χ1n) is 6.94. The Hall–Kier alpha value is -1.88. The van der Waals surface area contributed by atoms with Crippen LogP contribution in [0, 0.1) is 18.6 Å². The van der Waals surface area contributed by atoms with E-state index in [1.54, 1.807) is 0 Å². The van der Waals surface area contributed by atoms with Crippen molar-refractivity contribution in [3.63, 3.8) is 0 Å². The summed E-state index contributed by atoms with van der Waals surface area (Å²) in [4.78, 5) is 12.4. The number of nitrogens with one attached hydrogen (secondary N) is 1. The van der Waals surface area contributed by atoms with Gasteiger partial charge in [0.15, 0.2) is 11.6 Å². The van der Waals surface area contributed by atoms with Crippen molar-refractivity contribution in [1.82, 2.24) is 5.32 Å². The van der Waals surface area contributed by atoms with E-state index >= 15 is 0 Å². The van der Waals surface area contributed by atoms with Gasteiger partial charge >= 0.3 is 0 Å². The summed E-state index contributed by atoms with van der Waals surface area (Å²) >= 11 is 1.33. The molecule has 0 atom stereocenters. The van der Waals surface area contributed by atoms with E-state index < -0.39 is 11.6 Å². The second-order valence-corrected chi connectivity index (χ2v) is 6.11. The summed E-state index contributed by atoms with van der Waals surface area (Å²) in [7, 11) is 0. The molecule has 0 aliphatic heterocycles. The average Bonchev–Trinajstić information content (AvgIpc) is 2.50. The number of thioether (sulfide) groups is 1. The summed E-state index contributed by atoms with van der Waals surface area (Å²) in [5.74, 6) is -1.27. The number of rotatable bonds is 6. The molecule has 0 aromatic heterocycles. The van der Waals surface area contributed by atoms with Crippen LogP contribution in [0.3, 0.4) is 0 Å². The third-order valence-corrected chi connectivity index (χ3v) is 4.09. The number of carbonyl (C=O) groups excluding carboxylic acids is 1. The summed E-state index contributed by atoms with van der Waals surface area (Å²) in [6.07, 6.45) is 0.329. The topological polar surface area (TPSA) is 29.1 Å². The van der Waals surface area contributed by atoms with Crippen LogP contribution in [-0.2, 0) is 11.3 Å². The molecule has 0 saturated carbocycles. The van der Waals surface area contributed by atoms with Crippen molar-refractivity contribution in [2.75, 3.05) is 5.75 Å². The Morgan fingerprint density at radius 2 is 1.82 bits per heavy atom. The van der Waals surface area contributed by atoms with Crippen molar-refractivity contribution >= 4 is 17.7 Å². The fourth-order valence-corrected chi connectivity index (χ4v) is 2.70. The first kappa shape index (κ1) is 16.5. The maximum absolute atomic E-state index is 13.0. The fraction of sp³-hybridized carbons (Fsp3) is 0.235. The molecule has 0 heterocycles. The summed E-state index contributed by atoms with van der Waals surface area (Å²) < 4.78 is 25.8. The highest BCUT2D eigenvalue weighted by Crippen LogP contribution is 2.20.